The van der Waals surface area contributed by atoms with Crippen LogP contribution in [0, 0.1) is 11.8 Å². The summed E-state index contributed by atoms with van der Waals surface area (Å²) >= 11 is 5.92. The van der Waals surface area contributed by atoms with E-state index in [1.54, 1.807) is 24.3 Å². The average Bonchev–Trinajstić information content (AvgIpc) is 3.04. The van der Waals surface area contributed by atoms with Gasteiger partial charge in [0.05, 0.1) is 29.7 Å². The lowest BCUT2D eigenvalue weighted by Gasteiger charge is -2.17. The van der Waals surface area contributed by atoms with E-state index in [2.05, 4.69) is 0 Å². The zero-order valence-electron chi connectivity index (χ0n) is 9.82. The number of hydrogen-bond donors (Lipinski definition) is 0. The molecule has 2 saturated heterocycles. The summed E-state index contributed by atoms with van der Waals surface area (Å²) in [5.41, 5.74) is 0.538. The molecule has 1 aromatic carbocycles. The van der Waals surface area contributed by atoms with Gasteiger partial charge < -0.3 is 4.74 Å². The summed E-state index contributed by atoms with van der Waals surface area (Å²) in [5, 5.41) is 0.507. The highest BCUT2D eigenvalue weighted by Crippen LogP contribution is 2.46. The second-order valence-corrected chi connectivity index (χ2v) is 5.43. The number of carbonyl (C=O) groups excluding carboxylic acids is 2. The van der Waals surface area contributed by atoms with E-state index in [0.717, 1.165) is 0 Å². The molecular formula is C14H10ClNO3. The number of hydrogen-bond acceptors (Lipinski definition) is 3. The molecule has 4 atom stereocenters. The Hall–Kier alpha value is -1.65. The highest BCUT2D eigenvalue weighted by Gasteiger charge is 2.60. The molecule has 2 fully saturated rings. The summed E-state index contributed by atoms with van der Waals surface area (Å²) < 4.78 is 5.58. The molecule has 0 spiro atoms. The van der Waals surface area contributed by atoms with Crippen LogP contribution in [0.1, 0.15) is 0 Å². The molecule has 0 aliphatic carbocycles. The van der Waals surface area contributed by atoms with Crippen molar-refractivity contribution in [1.82, 2.24) is 0 Å². The lowest BCUT2D eigenvalue weighted by Crippen LogP contribution is -2.34. The van der Waals surface area contributed by atoms with Crippen LogP contribution in [0.25, 0.3) is 0 Å². The maximum Gasteiger partial charge on any atom is 0.240 e. The topological polar surface area (TPSA) is 46.6 Å². The van der Waals surface area contributed by atoms with Crippen molar-refractivity contribution in [3.8, 4) is 0 Å². The largest absolute Gasteiger partial charge is 0.365 e. The molecule has 0 aromatic heterocycles. The molecule has 96 valence electrons. The first-order chi connectivity index (χ1) is 9.16. The molecule has 0 radical (unpaired) electrons. The third-order valence-corrected chi connectivity index (χ3v) is 4.21. The Bertz CT molecular complexity index is 597. The van der Waals surface area contributed by atoms with Crippen molar-refractivity contribution in [2.45, 2.75) is 12.2 Å². The SMILES string of the molecule is O=C1[C@H]2[C@H](C(=O)N1c1cccc(Cl)c1)[C@H]1C=C[C@H]2O1. The number of nitrogens with zero attached hydrogens (tertiary/aromatic N) is 1. The average molecular weight is 276 g/mol. The number of rotatable bonds is 1. The molecule has 5 heteroatoms. The normalized spacial score (nSPS) is 35.3. The molecule has 2 bridgehead atoms. The van der Waals surface area contributed by atoms with E-state index in [1.165, 1.54) is 4.90 Å². The Balaban J connectivity index is 1.77. The van der Waals surface area contributed by atoms with E-state index in [-0.39, 0.29) is 35.9 Å². The van der Waals surface area contributed by atoms with Gasteiger partial charge in [-0.1, -0.05) is 29.8 Å². The molecule has 19 heavy (non-hydrogen) atoms. The van der Waals surface area contributed by atoms with Crippen LogP contribution in [0.5, 0.6) is 0 Å². The first-order valence-electron chi connectivity index (χ1n) is 6.14. The molecule has 1 aromatic rings. The Morgan fingerprint density at radius 3 is 2.26 bits per heavy atom. The standard InChI is InChI=1S/C14H10ClNO3/c15-7-2-1-3-8(6-7)16-13(17)11-9-4-5-10(19-9)12(11)14(16)18/h1-6,9-12H/t9-,10-,11-,12-/m1/s1. The fourth-order valence-corrected chi connectivity index (χ4v) is 3.36. The summed E-state index contributed by atoms with van der Waals surface area (Å²) in [6, 6.07) is 6.80. The van der Waals surface area contributed by atoms with Gasteiger partial charge in [-0.2, -0.15) is 0 Å². The van der Waals surface area contributed by atoms with E-state index in [1.807, 2.05) is 12.2 Å². The van der Waals surface area contributed by atoms with Crippen LogP contribution < -0.4 is 4.90 Å². The minimum absolute atomic E-state index is 0.186. The van der Waals surface area contributed by atoms with Crippen LogP contribution in [-0.2, 0) is 14.3 Å². The van der Waals surface area contributed by atoms with Crippen molar-refractivity contribution in [2.75, 3.05) is 4.90 Å². The van der Waals surface area contributed by atoms with Crippen molar-refractivity contribution in [1.29, 1.82) is 0 Å². The van der Waals surface area contributed by atoms with E-state index >= 15 is 0 Å². The summed E-state index contributed by atoms with van der Waals surface area (Å²) in [5.74, 6) is -1.12. The van der Waals surface area contributed by atoms with Crippen LogP contribution in [-0.4, -0.2) is 24.0 Å². The summed E-state index contributed by atoms with van der Waals surface area (Å²) in [6.07, 6.45) is 3.24. The lowest BCUT2D eigenvalue weighted by atomic mass is 9.85. The van der Waals surface area contributed by atoms with E-state index in [4.69, 9.17) is 16.3 Å². The molecule has 4 nitrogen and oxygen atoms in total. The van der Waals surface area contributed by atoms with Gasteiger partial charge in [0.15, 0.2) is 0 Å². The molecule has 3 aliphatic rings. The van der Waals surface area contributed by atoms with Crippen molar-refractivity contribution in [3.05, 3.63) is 41.4 Å². The van der Waals surface area contributed by atoms with Crippen LogP contribution >= 0.6 is 11.6 Å². The zero-order valence-corrected chi connectivity index (χ0v) is 10.6. The fraction of sp³-hybridized carbons (Fsp3) is 0.286. The molecule has 2 amide bonds. The van der Waals surface area contributed by atoms with Gasteiger partial charge in [0.25, 0.3) is 0 Å². The first-order valence-corrected chi connectivity index (χ1v) is 6.52. The van der Waals surface area contributed by atoms with Crippen LogP contribution in [0.2, 0.25) is 5.02 Å². The van der Waals surface area contributed by atoms with Crippen molar-refractivity contribution in [2.24, 2.45) is 11.8 Å². The third kappa shape index (κ3) is 1.38. The van der Waals surface area contributed by atoms with Crippen LogP contribution in [0.4, 0.5) is 5.69 Å². The highest BCUT2D eigenvalue weighted by molar-refractivity contribution is 6.31. The van der Waals surface area contributed by atoms with Gasteiger partial charge in [-0.3, -0.25) is 9.59 Å². The minimum atomic E-state index is -0.374. The maximum absolute atomic E-state index is 12.4. The Labute approximate surface area is 114 Å². The van der Waals surface area contributed by atoms with E-state index < -0.39 is 0 Å². The van der Waals surface area contributed by atoms with Crippen molar-refractivity contribution in [3.63, 3.8) is 0 Å². The molecule has 4 rings (SSSR count). The van der Waals surface area contributed by atoms with Gasteiger partial charge in [-0.05, 0) is 18.2 Å². The van der Waals surface area contributed by atoms with Crippen LogP contribution in [0.3, 0.4) is 0 Å². The predicted octanol–water partition coefficient (Wildman–Crippen LogP) is 1.78. The Morgan fingerprint density at radius 2 is 1.68 bits per heavy atom. The molecule has 3 aliphatic heterocycles. The lowest BCUT2D eigenvalue weighted by molar-refractivity contribution is -0.124. The van der Waals surface area contributed by atoms with Crippen molar-refractivity contribution >= 4 is 29.1 Å². The van der Waals surface area contributed by atoms with Gasteiger partial charge in [0, 0.05) is 5.02 Å². The van der Waals surface area contributed by atoms with Gasteiger partial charge in [0.1, 0.15) is 0 Å². The second-order valence-electron chi connectivity index (χ2n) is 4.99. The highest BCUT2D eigenvalue weighted by atomic mass is 35.5. The smallest absolute Gasteiger partial charge is 0.240 e. The minimum Gasteiger partial charge on any atom is -0.365 e. The fourth-order valence-electron chi connectivity index (χ4n) is 3.17. The third-order valence-electron chi connectivity index (χ3n) is 3.98. The van der Waals surface area contributed by atoms with Gasteiger partial charge >= 0.3 is 0 Å². The maximum atomic E-state index is 12.4. The summed E-state index contributed by atoms with van der Waals surface area (Å²) in [6.45, 7) is 0. The molecule has 0 N–H and O–H groups in total. The molecule has 3 heterocycles. The number of benzene rings is 1. The molecular weight excluding hydrogens is 266 g/mol. The number of halogens is 1. The first kappa shape index (κ1) is 11.2. The number of imide groups is 1. The summed E-state index contributed by atoms with van der Waals surface area (Å²) in [7, 11) is 0. The predicted molar refractivity (Wildman–Crippen MR) is 68.7 cm³/mol. The van der Waals surface area contributed by atoms with E-state index in [9.17, 15) is 9.59 Å². The molecule has 0 saturated carbocycles. The number of fused-ring (bicyclic) bond motifs is 5. The molecule has 0 unspecified atom stereocenters. The van der Waals surface area contributed by atoms with Crippen LogP contribution in [0.15, 0.2) is 36.4 Å². The van der Waals surface area contributed by atoms with Gasteiger partial charge in [-0.25, -0.2) is 4.90 Å². The number of carbonyl (C=O) groups is 2. The number of amides is 2. The number of anilines is 1. The Morgan fingerprint density at radius 1 is 1.05 bits per heavy atom. The monoisotopic (exact) mass is 275 g/mol. The number of ether oxygens (including phenoxy) is 1. The van der Waals surface area contributed by atoms with Gasteiger partial charge in [-0.15, -0.1) is 0 Å². The second kappa shape index (κ2) is 3.68. The van der Waals surface area contributed by atoms with Crippen molar-refractivity contribution < 1.29 is 14.3 Å². The van der Waals surface area contributed by atoms with E-state index in [0.29, 0.717) is 10.7 Å². The zero-order chi connectivity index (χ0) is 13.1. The summed E-state index contributed by atoms with van der Waals surface area (Å²) in [4.78, 5) is 26.1. The van der Waals surface area contributed by atoms with Gasteiger partial charge in [0.2, 0.25) is 11.8 Å². The Kier molecular flexibility index (Phi) is 2.17. The quantitative estimate of drug-likeness (QED) is 0.580.